The third-order valence-electron chi connectivity index (χ3n) is 9.41. The second kappa shape index (κ2) is 9.81. The summed E-state index contributed by atoms with van der Waals surface area (Å²) in [6.07, 6.45) is 9.63. The van der Waals surface area contributed by atoms with E-state index >= 15 is 0 Å². The van der Waals surface area contributed by atoms with Gasteiger partial charge in [-0.1, -0.05) is 42.5 Å². The van der Waals surface area contributed by atoms with Gasteiger partial charge in [0, 0.05) is 16.6 Å². The summed E-state index contributed by atoms with van der Waals surface area (Å²) >= 11 is 0.875. The molecular formula is C33H32N2O4S. The zero-order valence-corrected chi connectivity index (χ0v) is 23.3. The van der Waals surface area contributed by atoms with Crippen LogP contribution >= 0.6 is 11.8 Å². The van der Waals surface area contributed by atoms with E-state index in [-0.39, 0.29) is 12.0 Å². The van der Waals surface area contributed by atoms with E-state index in [4.69, 9.17) is 4.74 Å². The molecule has 4 aliphatic carbocycles. The van der Waals surface area contributed by atoms with Gasteiger partial charge in [0.05, 0.1) is 12.0 Å². The average molecular weight is 553 g/mol. The number of amides is 3. The molecule has 0 radical (unpaired) electrons. The number of carbonyl (C=O) groups excluding carboxylic acids is 3. The first-order valence-electron chi connectivity index (χ1n) is 14.1. The summed E-state index contributed by atoms with van der Waals surface area (Å²) < 4.78 is 5.66. The molecule has 5 fully saturated rings. The summed E-state index contributed by atoms with van der Waals surface area (Å²) in [6.45, 7) is -0.338. The number of nitrogens with zero attached hydrogens (tertiary/aromatic N) is 1. The maximum atomic E-state index is 13.3. The van der Waals surface area contributed by atoms with Crippen LogP contribution in [0.1, 0.15) is 49.7 Å². The average Bonchev–Trinajstić information content (AvgIpc) is 3.19. The van der Waals surface area contributed by atoms with Crippen molar-refractivity contribution in [2.45, 2.75) is 43.9 Å². The molecule has 0 atom stereocenters. The fourth-order valence-electron chi connectivity index (χ4n) is 8.09. The number of fused-ring (bicyclic) bond motifs is 1. The highest BCUT2D eigenvalue weighted by atomic mass is 32.2. The van der Waals surface area contributed by atoms with Gasteiger partial charge in [-0.15, -0.1) is 0 Å². The molecule has 4 saturated carbocycles. The number of ether oxygens (including phenoxy) is 1. The van der Waals surface area contributed by atoms with Crippen LogP contribution in [0, 0.1) is 17.8 Å². The van der Waals surface area contributed by atoms with E-state index in [1.54, 1.807) is 13.2 Å². The number of carbonyl (C=O) groups is 3. The molecule has 0 aromatic heterocycles. The molecule has 6 nitrogen and oxygen atoms in total. The van der Waals surface area contributed by atoms with E-state index in [1.807, 2.05) is 48.5 Å². The van der Waals surface area contributed by atoms with Crippen molar-refractivity contribution in [3.8, 4) is 5.75 Å². The Balaban J connectivity index is 1.12. The minimum atomic E-state index is -0.453. The molecule has 204 valence electrons. The first-order valence-corrected chi connectivity index (χ1v) is 14.9. The summed E-state index contributed by atoms with van der Waals surface area (Å²) in [5.74, 6) is 2.29. The van der Waals surface area contributed by atoms with E-state index in [9.17, 15) is 14.4 Å². The van der Waals surface area contributed by atoms with E-state index < -0.39 is 17.1 Å². The molecule has 1 aliphatic heterocycles. The molecule has 0 unspecified atom stereocenters. The smallest absolute Gasteiger partial charge is 0.294 e. The van der Waals surface area contributed by atoms with Crippen LogP contribution in [0.4, 0.5) is 10.5 Å². The standard InChI is InChI=1S/C33H32N2O4S/c1-39-28-10-9-25(33-16-20-11-21(17-33)13-22(12-20)18-33)14-24(28)15-29-31(37)35(32(38)40-29)19-30(36)34-27-8-4-6-23-5-2-3-7-26(23)27/h2-10,14-15,20-22H,11-13,16-19H2,1H3,(H,34,36)/b29-15+. The lowest BCUT2D eigenvalue weighted by atomic mass is 9.48. The number of nitrogens with one attached hydrogen (secondary N) is 1. The minimum Gasteiger partial charge on any atom is -0.496 e. The molecule has 0 spiro atoms. The van der Waals surface area contributed by atoms with Crippen LogP contribution in [0.2, 0.25) is 0 Å². The van der Waals surface area contributed by atoms with E-state index in [0.717, 1.165) is 50.8 Å². The van der Waals surface area contributed by atoms with Gasteiger partial charge in [-0.05, 0) is 109 Å². The fourth-order valence-corrected chi connectivity index (χ4v) is 8.92. The molecule has 5 aliphatic rings. The van der Waals surface area contributed by atoms with Crippen molar-refractivity contribution in [1.82, 2.24) is 4.90 Å². The number of thioether (sulfide) groups is 1. The lowest BCUT2D eigenvalue weighted by Crippen LogP contribution is -2.48. The van der Waals surface area contributed by atoms with Crippen LogP contribution in [0.25, 0.3) is 16.8 Å². The molecule has 1 saturated heterocycles. The van der Waals surface area contributed by atoms with E-state index in [1.165, 1.54) is 44.1 Å². The molecular weight excluding hydrogens is 520 g/mol. The van der Waals surface area contributed by atoms with Crippen molar-refractivity contribution < 1.29 is 19.1 Å². The fraction of sp³-hybridized carbons (Fsp3) is 0.364. The van der Waals surface area contributed by atoms with Crippen LogP contribution in [0.3, 0.4) is 0 Å². The lowest BCUT2D eigenvalue weighted by Gasteiger charge is -2.57. The van der Waals surface area contributed by atoms with Crippen molar-refractivity contribution in [2.75, 3.05) is 19.0 Å². The maximum Gasteiger partial charge on any atom is 0.294 e. The maximum absolute atomic E-state index is 13.3. The normalized spacial score (nSPS) is 28.1. The molecule has 1 N–H and O–H groups in total. The van der Waals surface area contributed by atoms with Crippen molar-refractivity contribution in [1.29, 1.82) is 0 Å². The molecule has 7 heteroatoms. The SMILES string of the molecule is COc1ccc(C23CC4CC(CC(C4)C2)C3)cc1/C=C1/SC(=O)N(CC(=O)Nc2cccc3ccccc23)C1=O. The Morgan fingerprint density at radius 1 is 1.00 bits per heavy atom. The predicted octanol–water partition coefficient (Wildman–Crippen LogP) is 6.99. The van der Waals surface area contributed by atoms with Gasteiger partial charge in [-0.3, -0.25) is 19.3 Å². The number of imide groups is 1. The van der Waals surface area contributed by atoms with Gasteiger partial charge in [0.25, 0.3) is 11.1 Å². The first kappa shape index (κ1) is 25.4. The summed E-state index contributed by atoms with van der Waals surface area (Å²) in [7, 11) is 1.63. The van der Waals surface area contributed by atoms with Gasteiger partial charge in [-0.25, -0.2) is 0 Å². The Hall–Kier alpha value is -3.58. The first-order chi connectivity index (χ1) is 19.4. The lowest BCUT2D eigenvalue weighted by molar-refractivity contribution is -0.127. The number of anilines is 1. The van der Waals surface area contributed by atoms with E-state index in [2.05, 4.69) is 17.4 Å². The predicted molar refractivity (Wildman–Crippen MR) is 158 cm³/mol. The number of benzene rings is 3. The van der Waals surface area contributed by atoms with Gasteiger partial charge in [0.2, 0.25) is 5.91 Å². The highest BCUT2D eigenvalue weighted by Gasteiger charge is 2.51. The number of methoxy groups -OCH3 is 1. The number of hydrogen-bond acceptors (Lipinski definition) is 5. The highest BCUT2D eigenvalue weighted by molar-refractivity contribution is 8.18. The van der Waals surface area contributed by atoms with Crippen molar-refractivity contribution in [3.05, 3.63) is 76.7 Å². The largest absolute Gasteiger partial charge is 0.496 e. The Morgan fingerprint density at radius 3 is 2.42 bits per heavy atom. The van der Waals surface area contributed by atoms with Crippen molar-refractivity contribution in [3.63, 3.8) is 0 Å². The second-order valence-corrected chi connectivity index (χ2v) is 13.0. The molecule has 4 bridgehead atoms. The Kier molecular flexibility index (Phi) is 6.22. The summed E-state index contributed by atoms with van der Waals surface area (Å²) in [5, 5.41) is 4.33. The molecule has 3 amide bonds. The molecule has 40 heavy (non-hydrogen) atoms. The topological polar surface area (TPSA) is 75.7 Å². The molecule has 3 aromatic rings. The zero-order valence-electron chi connectivity index (χ0n) is 22.5. The molecule has 1 heterocycles. The van der Waals surface area contributed by atoms with E-state index in [0.29, 0.717) is 16.3 Å². The van der Waals surface area contributed by atoms with Gasteiger partial charge >= 0.3 is 0 Å². The monoisotopic (exact) mass is 552 g/mol. The quantitative estimate of drug-likeness (QED) is 0.334. The molecule has 3 aromatic carbocycles. The van der Waals surface area contributed by atoms with Crippen LogP contribution in [-0.2, 0) is 15.0 Å². The Bertz CT molecular complexity index is 1540. The van der Waals surface area contributed by atoms with Gasteiger partial charge in [-0.2, -0.15) is 0 Å². The van der Waals surface area contributed by atoms with Gasteiger partial charge in [0.15, 0.2) is 0 Å². The summed E-state index contributed by atoms with van der Waals surface area (Å²) in [6, 6.07) is 19.8. The number of rotatable bonds is 6. The van der Waals surface area contributed by atoms with Gasteiger partial charge in [0.1, 0.15) is 12.3 Å². The number of hydrogen-bond donors (Lipinski definition) is 1. The third kappa shape index (κ3) is 4.40. The minimum absolute atomic E-state index is 0.211. The Labute approximate surface area is 238 Å². The van der Waals surface area contributed by atoms with Gasteiger partial charge < -0.3 is 10.1 Å². The van der Waals surface area contributed by atoms with Crippen LogP contribution < -0.4 is 10.1 Å². The summed E-state index contributed by atoms with van der Waals surface area (Å²) in [5.41, 5.74) is 2.99. The van der Waals surface area contributed by atoms with Crippen molar-refractivity contribution in [2.24, 2.45) is 17.8 Å². The third-order valence-corrected chi connectivity index (χ3v) is 10.3. The zero-order chi connectivity index (χ0) is 27.4. The van der Waals surface area contributed by atoms with Crippen molar-refractivity contribution >= 4 is 51.4 Å². The van der Waals surface area contributed by atoms with Crippen LogP contribution in [0.5, 0.6) is 5.75 Å². The van der Waals surface area contributed by atoms with Crippen LogP contribution in [-0.4, -0.2) is 35.6 Å². The highest BCUT2D eigenvalue weighted by Crippen LogP contribution is 2.61. The second-order valence-electron chi connectivity index (χ2n) is 12.0. The Morgan fingerprint density at radius 2 is 1.70 bits per heavy atom. The molecule has 8 rings (SSSR count). The van der Waals surface area contributed by atoms with Crippen LogP contribution in [0.15, 0.2) is 65.6 Å². The summed E-state index contributed by atoms with van der Waals surface area (Å²) in [4.78, 5) is 40.4.